The van der Waals surface area contributed by atoms with Gasteiger partial charge in [-0.25, -0.2) is 0 Å². The molecular weight excluding hydrogens is 368 g/mol. The zero-order valence-electron chi connectivity index (χ0n) is 17.8. The van der Waals surface area contributed by atoms with Gasteiger partial charge in [-0.15, -0.1) is 0 Å². The van der Waals surface area contributed by atoms with Crippen LogP contribution in [0.2, 0.25) is 0 Å². The average molecular weight is 401 g/mol. The fraction of sp³-hybridized carbons (Fsp3) is 0.591. The number of nitrogens with zero attached hydrogens (tertiary/aromatic N) is 4. The van der Waals surface area contributed by atoms with Gasteiger partial charge in [0.25, 0.3) is 0 Å². The first-order valence-corrected chi connectivity index (χ1v) is 10.6. The lowest BCUT2D eigenvalue weighted by atomic mass is 10.1. The second-order valence-electron chi connectivity index (χ2n) is 7.87. The van der Waals surface area contributed by atoms with Gasteiger partial charge in [0, 0.05) is 44.6 Å². The van der Waals surface area contributed by atoms with Crippen LogP contribution in [0.15, 0.2) is 28.8 Å². The van der Waals surface area contributed by atoms with Gasteiger partial charge >= 0.3 is 0 Å². The Balaban J connectivity index is 1.44. The van der Waals surface area contributed by atoms with E-state index in [-0.39, 0.29) is 5.91 Å². The molecule has 1 saturated heterocycles. The van der Waals surface area contributed by atoms with Crippen molar-refractivity contribution >= 4 is 5.91 Å². The van der Waals surface area contributed by atoms with E-state index in [9.17, 15) is 4.79 Å². The number of carbonyl (C=O) groups excluding carboxylic acids is 1. The first-order valence-electron chi connectivity index (χ1n) is 10.6. The number of amides is 1. The second-order valence-corrected chi connectivity index (χ2v) is 7.87. The maximum atomic E-state index is 12.5. The molecule has 0 aliphatic carbocycles. The lowest BCUT2D eigenvalue weighted by Crippen LogP contribution is -2.49. The van der Waals surface area contributed by atoms with Crippen molar-refractivity contribution in [1.29, 1.82) is 0 Å². The number of ether oxygens (including phenoxy) is 1. The van der Waals surface area contributed by atoms with Gasteiger partial charge in [0.05, 0.1) is 6.61 Å². The molecule has 1 aromatic heterocycles. The maximum Gasteiger partial charge on any atom is 0.227 e. The van der Waals surface area contributed by atoms with E-state index in [0.29, 0.717) is 31.2 Å². The Morgan fingerprint density at radius 3 is 2.55 bits per heavy atom. The van der Waals surface area contributed by atoms with Crippen molar-refractivity contribution in [2.75, 3.05) is 39.3 Å². The van der Waals surface area contributed by atoms with Crippen LogP contribution in [0.3, 0.4) is 0 Å². The third-order valence-corrected chi connectivity index (χ3v) is 5.19. The molecule has 7 nitrogen and oxygen atoms in total. The smallest absolute Gasteiger partial charge is 0.227 e. The molecule has 1 fully saturated rings. The molecule has 0 bridgehead atoms. The number of aryl methyl sites for hydroxylation is 1. The Labute approximate surface area is 173 Å². The highest BCUT2D eigenvalue weighted by Gasteiger charge is 2.21. The molecule has 1 aliphatic heterocycles. The van der Waals surface area contributed by atoms with Gasteiger partial charge < -0.3 is 14.2 Å². The zero-order chi connectivity index (χ0) is 20.6. The van der Waals surface area contributed by atoms with Gasteiger partial charge in [-0.3, -0.25) is 9.69 Å². The largest absolute Gasteiger partial charge is 0.494 e. The van der Waals surface area contributed by atoms with E-state index in [1.165, 1.54) is 6.42 Å². The lowest BCUT2D eigenvalue weighted by Gasteiger charge is -2.35. The van der Waals surface area contributed by atoms with E-state index in [4.69, 9.17) is 9.26 Å². The molecule has 1 amide bonds. The predicted octanol–water partition coefficient (Wildman–Crippen LogP) is 3.26. The van der Waals surface area contributed by atoms with Crippen LogP contribution in [0.1, 0.15) is 39.5 Å². The molecule has 3 rings (SSSR count). The third-order valence-electron chi connectivity index (χ3n) is 5.19. The van der Waals surface area contributed by atoms with Crippen molar-refractivity contribution in [3.05, 3.63) is 30.2 Å². The normalized spacial score (nSPS) is 15.1. The van der Waals surface area contributed by atoms with Crippen LogP contribution < -0.4 is 4.74 Å². The van der Waals surface area contributed by atoms with Crippen LogP contribution in [-0.4, -0.2) is 65.2 Å². The van der Waals surface area contributed by atoms with Crippen LogP contribution in [0, 0.1) is 5.92 Å². The molecule has 1 aromatic carbocycles. The molecule has 0 saturated carbocycles. The summed E-state index contributed by atoms with van der Waals surface area (Å²) in [6, 6.07) is 7.59. The van der Waals surface area contributed by atoms with Gasteiger partial charge in [-0.1, -0.05) is 19.0 Å². The molecular formula is C22H32N4O3. The summed E-state index contributed by atoms with van der Waals surface area (Å²) < 4.78 is 10.8. The fourth-order valence-corrected chi connectivity index (χ4v) is 3.37. The molecule has 0 atom stereocenters. The minimum atomic E-state index is 0.161. The molecule has 2 aromatic rings. The first-order chi connectivity index (χ1) is 14.0. The molecule has 1 aliphatic rings. The molecule has 0 unspecified atom stereocenters. The number of hydrogen-bond acceptors (Lipinski definition) is 6. The minimum absolute atomic E-state index is 0.161. The molecule has 2 heterocycles. The molecule has 29 heavy (non-hydrogen) atoms. The number of hydrogen-bond donors (Lipinski definition) is 0. The highest BCUT2D eigenvalue weighted by Crippen LogP contribution is 2.20. The second kappa shape index (κ2) is 10.4. The number of piperazine rings is 1. The Morgan fingerprint density at radius 2 is 1.90 bits per heavy atom. The van der Waals surface area contributed by atoms with E-state index in [1.807, 2.05) is 36.1 Å². The standard InChI is InChI=1S/C22H32N4O3/c1-4-28-19-7-5-18(6-8-19)22-23-20(29-24-22)9-10-21(27)26-15-13-25(14-16-26)12-11-17(2)3/h5-8,17H,4,9-16H2,1-3H3. The number of benzene rings is 1. The SMILES string of the molecule is CCOc1ccc(-c2noc(CCC(=O)N3CCN(CCC(C)C)CC3)n2)cc1. The van der Waals surface area contributed by atoms with Gasteiger partial charge in [0.15, 0.2) is 0 Å². The monoisotopic (exact) mass is 400 g/mol. The topological polar surface area (TPSA) is 71.7 Å². The summed E-state index contributed by atoms with van der Waals surface area (Å²) in [5.74, 6) is 2.73. The van der Waals surface area contributed by atoms with Crippen LogP contribution in [0.4, 0.5) is 0 Å². The highest BCUT2D eigenvalue weighted by molar-refractivity contribution is 5.76. The van der Waals surface area contributed by atoms with Gasteiger partial charge in [0.1, 0.15) is 5.75 Å². The summed E-state index contributed by atoms with van der Waals surface area (Å²) in [5.41, 5.74) is 0.868. The third kappa shape index (κ3) is 6.29. The van der Waals surface area contributed by atoms with E-state index >= 15 is 0 Å². The van der Waals surface area contributed by atoms with Gasteiger partial charge in [-0.2, -0.15) is 4.98 Å². The summed E-state index contributed by atoms with van der Waals surface area (Å²) >= 11 is 0. The molecule has 0 spiro atoms. The minimum Gasteiger partial charge on any atom is -0.494 e. The Bertz CT molecular complexity index is 765. The lowest BCUT2D eigenvalue weighted by molar-refractivity contribution is -0.133. The Morgan fingerprint density at radius 1 is 1.17 bits per heavy atom. The van der Waals surface area contributed by atoms with Crippen LogP contribution in [0.5, 0.6) is 5.75 Å². The van der Waals surface area contributed by atoms with E-state index in [2.05, 4.69) is 28.9 Å². The van der Waals surface area contributed by atoms with Crippen molar-refractivity contribution in [3.63, 3.8) is 0 Å². The first kappa shape index (κ1) is 21.3. The molecule has 7 heteroatoms. The number of carbonyl (C=O) groups is 1. The quantitative estimate of drug-likeness (QED) is 0.643. The van der Waals surface area contributed by atoms with Crippen molar-refractivity contribution in [3.8, 4) is 17.1 Å². The van der Waals surface area contributed by atoms with Crippen molar-refractivity contribution in [2.45, 2.75) is 40.0 Å². The molecule has 0 N–H and O–H groups in total. The Kier molecular flexibility index (Phi) is 7.63. The van der Waals surface area contributed by atoms with Gasteiger partial charge in [-0.05, 0) is 50.1 Å². The predicted molar refractivity (Wildman–Crippen MR) is 112 cm³/mol. The molecule has 0 radical (unpaired) electrons. The summed E-state index contributed by atoms with van der Waals surface area (Å²) in [6.45, 7) is 11.7. The molecule has 158 valence electrons. The van der Waals surface area contributed by atoms with Crippen molar-refractivity contribution in [2.24, 2.45) is 5.92 Å². The summed E-state index contributed by atoms with van der Waals surface area (Å²) in [6.07, 6.45) is 2.08. The van der Waals surface area contributed by atoms with E-state index < -0.39 is 0 Å². The van der Waals surface area contributed by atoms with Crippen LogP contribution in [0.25, 0.3) is 11.4 Å². The van der Waals surface area contributed by atoms with Crippen LogP contribution >= 0.6 is 0 Å². The fourth-order valence-electron chi connectivity index (χ4n) is 3.37. The zero-order valence-corrected chi connectivity index (χ0v) is 17.8. The Hall–Kier alpha value is -2.41. The van der Waals surface area contributed by atoms with E-state index in [1.54, 1.807) is 0 Å². The van der Waals surface area contributed by atoms with E-state index in [0.717, 1.165) is 50.0 Å². The maximum absolute atomic E-state index is 12.5. The van der Waals surface area contributed by atoms with Gasteiger partial charge in [0.2, 0.25) is 17.6 Å². The summed E-state index contributed by atoms with van der Waals surface area (Å²) in [4.78, 5) is 21.4. The summed E-state index contributed by atoms with van der Waals surface area (Å²) in [7, 11) is 0. The average Bonchev–Trinajstić information content (AvgIpc) is 3.21. The highest BCUT2D eigenvalue weighted by atomic mass is 16.5. The van der Waals surface area contributed by atoms with Crippen LogP contribution in [-0.2, 0) is 11.2 Å². The number of aromatic nitrogens is 2. The number of rotatable bonds is 9. The van der Waals surface area contributed by atoms with Crippen molar-refractivity contribution < 1.29 is 14.1 Å². The summed E-state index contributed by atoms with van der Waals surface area (Å²) in [5, 5.41) is 4.04. The van der Waals surface area contributed by atoms with Crippen molar-refractivity contribution in [1.82, 2.24) is 19.9 Å².